The zero-order valence-electron chi connectivity index (χ0n) is 11.9. The summed E-state index contributed by atoms with van der Waals surface area (Å²) in [6.45, 7) is 3.15. The molecule has 110 valence electrons. The molecule has 6 nitrogen and oxygen atoms in total. The van der Waals surface area contributed by atoms with E-state index in [2.05, 4.69) is 10.6 Å². The third-order valence-electron chi connectivity index (χ3n) is 2.95. The molecule has 0 spiro atoms. The molecule has 0 radical (unpaired) electrons. The van der Waals surface area contributed by atoms with Crippen molar-refractivity contribution in [1.29, 1.82) is 0 Å². The van der Waals surface area contributed by atoms with Gasteiger partial charge in [-0.25, -0.2) is 4.79 Å². The number of amides is 2. The molecule has 2 N–H and O–H groups in total. The minimum absolute atomic E-state index is 0.0828. The fraction of sp³-hybridized carbons (Fsp3) is 0.500. The van der Waals surface area contributed by atoms with Gasteiger partial charge in [-0.2, -0.15) is 0 Å². The van der Waals surface area contributed by atoms with Crippen molar-refractivity contribution in [3.05, 3.63) is 23.8 Å². The van der Waals surface area contributed by atoms with Crippen LogP contribution in [-0.2, 0) is 6.54 Å². The van der Waals surface area contributed by atoms with Crippen molar-refractivity contribution in [1.82, 2.24) is 15.5 Å². The van der Waals surface area contributed by atoms with E-state index in [-0.39, 0.29) is 6.03 Å². The molecule has 1 aliphatic rings. The average molecular weight is 279 g/mol. The van der Waals surface area contributed by atoms with E-state index in [4.69, 9.17) is 9.47 Å². The minimum atomic E-state index is -0.0828. The van der Waals surface area contributed by atoms with Crippen LogP contribution >= 0.6 is 0 Å². The largest absolute Gasteiger partial charge is 0.486 e. The Labute approximate surface area is 119 Å². The summed E-state index contributed by atoms with van der Waals surface area (Å²) in [4.78, 5) is 12.8. The van der Waals surface area contributed by atoms with Crippen LogP contribution in [-0.4, -0.2) is 51.3 Å². The van der Waals surface area contributed by atoms with Gasteiger partial charge < -0.3 is 25.0 Å². The topological polar surface area (TPSA) is 62.8 Å². The summed E-state index contributed by atoms with van der Waals surface area (Å²) in [6, 6.07) is 5.80. The quantitative estimate of drug-likeness (QED) is 0.783. The summed E-state index contributed by atoms with van der Waals surface area (Å²) in [6.07, 6.45) is 0. The normalized spacial score (nSPS) is 12.9. The molecule has 0 saturated heterocycles. The van der Waals surface area contributed by atoms with Crippen LogP contribution in [0.2, 0.25) is 0 Å². The highest BCUT2D eigenvalue weighted by molar-refractivity contribution is 5.73. The van der Waals surface area contributed by atoms with Crippen LogP contribution < -0.4 is 20.1 Å². The molecular formula is C14H21N3O3. The SMILES string of the molecule is CN(C)C(=O)NCCNCc1cccc2c1OCCO2. The first-order valence-electron chi connectivity index (χ1n) is 6.72. The number of fused-ring (bicyclic) bond motifs is 1. The molecule has 0 unspecified atom stereocenters. The lowest BCUT2D eigenvalue weighted by molar-refractivity contribution is 0.169. The predicted molar refractivity (Wildman–Crippen MR) is 76.2 cm³/mol. The second-order valence-electron chi connectivity index (χ2n) is 4.74. The Balaban J connectivity index is 1.76. The first-order valence-corrected chi connectivity index (χ1v) is 6.72. The monoisotopic (exact) mass is 279 g/mol. The zero-order chi connectivity index (χ0) is 14.4. The molecule has 1 aliphatic heterocycles. The van der Waals surface area contributed by atoms with Crippen molar-refractivity contribution in [2.75, 3.05) is 40.4 Å². The van der Waals surface area contributed by atoms with E-state index in [0.29, 0.717) is 32.8 Å². The summed E-state index contributed by atoms with van der Waals surface area (Å²) in [7, 11) is 3.44. The number of urea groups is 1. The van der Waals surface area contributed by atoms with E-state index in [0.717, 1.165) is 17.1 Å². The summed E-state index contributed by atoms with van der Waals surface area (Å²) in [5.74, 6) is 1.63. The van der Waals surface area contributed by atoms with Gasteiger partial charge in [0.25, 0.3) is 0 Å². The molecule has 0 saturated carbocycles. The number of carbonyl (C=O) groups is 1. The lowest BCUT2D eigenvalue weighted by Gasteiger charge is -2.21. The van der Waals surface area contributed by atoms with Crippen LogP contribution in [0.5, 0.6) is 11.5 Å². The molecule has 2 amide bonds. The molecule has 6 heteroatoms. The van der Waals surface area contributed by atoms with Crippen LogP contribution in [0.3, 0.4) is 0 Å². The van der Waals surface area contributed by atoms with E-state index in [1.165, 1.54) is 4.90 Å². The highest BCUT2D eigenvalue weighted by Crippen LogP contribution is 2.33. The van der Waals surface area contributed by atoms with Crippen LogP contribution in [0.4, 0.5) is 4.79 Å². The lowest BCUT2D eigenvalue weighted by Crippen LogP contribution is -2.38. The molecule has 1 heterocycles. The van der Waals surface area contributed by atoms with Gasteiger partial charge in [0.2, 0.25) is 0 Å². The highest BCUT2D eigenvalue weighted by Gasteiger charge is 2.14. The molecule has 0 atom stereocenters. The zero-order valence-corrected chi connectivity index (χ0v) is 11.9. The molecule has 1 aromatic carbocycles. The molecule has 0 aliphatic carbocycles. The number of rotatable bonds is 5. The van der Waals surface area contributed by atoms with Crippen molar-refractivity contribution in [3.8, 4) is 11.5 Å². The van der Waals surface area contributed by atoms with E-state index in [1.807, 2.05) is 18.2 Å². The fourth-order valence-corrected chi connectivity index (χ4v) is 1.91. The maximum absolute atomic E-state index is 11.3. The maximum Gasteiger partial charge on any atom is 0.316 e. The van der Waals surface area contributed by atoms with E-state index in [1.54, 1.807) is 14.1 Å². The Morgan fingerprint density at radius 2 is 2.05 bits per heavy atom. The number of hydrogen-bond acceptors (Lipinski definition) is 4. The average Bonchev–Trinajstić information content (AvgIpc) is 2.46. The van der Waals surface area contributed by atoms with E-state index < -0.39 is 0 Å². The fourth-order valence-electron chi connectivity index (χ4n) is 1.91. The highest BCUT2D eigenvalue weighted by atomic mass is 16.6. The number of nitrogens with one attached hydrogen (secondary N) is 2. The first-order chi connectivity index (χ1) is 9.68. The summed E-state index contributed by atoms with van der Waals surface area (Å²) in [5, 5.41) is 6.08. The van der Waals surface area contributed by atoms with Crippen molar-refractivity contribution in [2.24, 2.45) is 0 Å². The Morgan fingerprint density at radius 1 is 1.25 bits per heavy atom. The van der Waals surface area contributed by atoms with Gasteiger partial charge in [0, 0.05) is 39.3 Å². The van der Waals surface area contributed by atoms with E-state index in [9.17, 15) is 4.79 Å². The second kappa shape index (κ2) is 7.00. The molecule has 2 rings (SSSR count). The smallest absolute Gasteiger partial charge is 0.316 e. The third-order valence-corrected chi connectivity index (χ3v) is 2.95. The van der Waals surface area contributed by atoms with Crippen LogP contribution in [0.1, 0.15) is 5.56 Å². The van der Waals surface area contributed by atoms with Gasteiger partial charge >= 0.3 is 6.03 Å². The second-order valence-corrected chi connectivity index (χ2v) is 4.74. The minimum Gasteiger partial charge on any atom is -0.486 e. The van der Waals surface area contributed by atoms with Crippen molar-refractivity contribution >= 4 is 6.03 Å². The summed E-state index contributed by atoms with van der Waals surface area (Å²) < 4.78 is 11.2. The van der Waals surface area contributed by atoms with Gasteiger partial charge in [0.15, 0.2) is 11.5 Å². The number of benzene rings is 1. The first kappa shape index (κ1) is 14.5. The predicted octanol–water partition coefficient (Wildman–Crippen LogP) is 0.819. The molecule has 20 heavy (non-hydrogen) atoms. The molecule has 0 aromatic heterocycles. The van der Waals surface area contributed by atoms with Crippen molar-refractivity contribution in [3.63, 3.8) is 0 Å². The van der Waals surface area contributed by atoms with Gasteiger partial charge in [-0.1, -0.05) is 12.1 Å². The summed E-state index contributed by atoms with van der Waals surface area (Å²) in [5.41, 5.74) is 1.07. The number of carbonyl (C=O) groups excluding carboxylic acids is 1. The molecule has 1 aromatic rings. The lowest BCUT2D eigenvalue weighted by atomic mass is 10.1. The molecule has 0 bridgehead atoms. The van der Waals surface area contributed by atoms with Crippen LogP contribution in [0.15, 0.2) is 18.2 Å². The Hall–Kier alpha value is -1.95. The van der Waals surface area contributed by atoms with Crippen LogP contribution in [0, 0.1) is 0 Å². The van der Waals surface area contributed by atoms with Crippen molar-refractivity contribution in [2.45, 2.75) is 6.54 Å². The molecular weight excluding hydrogens is 258 g/mol. The van der Waals surface area contributed by atoms with E-state index >= 15 is 0 Å². The molecule has 0 fully saturated rings. The van der Waals surface area contributed by atoms with Gasteiger partial charge in [-0.3, -0.25) is 0 Å². The summed E-state index contributed by atoms with van der Waals surface area (Å²) >= 11 is 0. The van der Waals surface area contributed by atoms with Crippen molar-refractivity contribution < 1.29 is 14.3 Å². The Morgan fingerprint density at radius 3 is 2.85 bits per heavy atom. The van der Waals surface area contributed by atoms with Gasteiger partial charge in [0.1, 0.15) is 13.2 Å². The Bertz CT molecular complexity index is 463. The maximum atomic E-state index is 11.3. The number of ether oxygens (including phenoxy) is 2. The number of para-hydroxylation sites is 1. The standard InChI is InChI=1S/C14H21N3O3/c1-17(2)14(18)16-7-6-15-10-11-4-3-5-12-13(11)20-9-8-19-12/h3-5,15H,6-10H2,1-2H3,(H,16,18). The van der Waals surface area contributed by atoms with Gasteiger partial charge in [0.05, 0.1) is 0 Å². The van der Waals surface area contributed by atoms with Crippen LogP contribution in [0.25, 0.3) is 0 Å². The van der Waals surface area contributed by atoms with Gasteiger partial charge in [-0.05, 0) is 6.07 Å². The Kier molecular flexibility index (Phi) is 5.06. The number of nitrogens with zero attached hydrogens (tertiary/aromatic N) is 1. The van der Waals surface area contributed by atoms with Gasteiger partial charge in [-0.15, -0.1) is 0 Å². The number of hydrogen-bond donors (Lipinski definition) is 2. The third kappa shape index (κ3) is 3.77.